The van der Waals surface area contributed by atoms with Crippen molar-refractivity contribution in [1.29, 1.82) is 0 Å². The molecule has 4 atom stereocenters. The summed E-state index contributed by atoms with van der Waals surface area (Å²) in [6, 6.07) is 0. The van der Waals surface area contributed by atoms with E-state index in [-0.39, 0.29) is 0 Å². The number of hydrogen-bond donors (Lipinski definition) is 0. The minimum absolute atomic E-state index is 0.656. The van der Waals surface area contributed by atoms with Crippen molar-refractivity contribution in [2.45, 2.75) is 130 Å². The van der Waals surface area contributed by atoms with Gasteiger partial charge in [-0.25, -0.2) is 0 Å². The molecule has 146 valence electrons. The first kappa shape index (κ1) is 21.4. The summed E-state index contributed by atoms with van der Waals surface area (Å²) in [5.41, 5.74) is 0.656. The van der Waals surface area contributed by atoms with E-state index in [1.807, 2.05) is 0 Å². The Morgan fingerprint density at radius 2 is 1.28 bits per heavy atom. The molecule has 0 aromatic rings. The van der Waals surface area contributed by atoms with Crippen LogP contribution in [-0.2, 0) is 0 Å². The van der Waals surface area contributed by atoms with E-state index in [4.69, 9.17) is 0 Å². The Morgan fingerprint density at radius 3 is 1.80 bits per heavy atom. The van der Waals surface area contributed by atoms with Gasteiger partial charge in [-0.05, 0) is 29.6 Å². The summed E-state index contributed by atoms with van der Waals surface area (Å²) in [5, 5.41) is 0. The number of hydrogen-bond acceptors (Lipinski definition) is 0. The molecule has 0 unspecified atom stereocenters. The average Bonchev–Trinajstić information content (AvgIpc) is 2.59. The van der Waals surface area contributed by atoms with Crippen LogP contribution in [0.1, 0.15) is 112 Å². The predicted octanol–water partition coefficient (Wildman–Crippen LogP) is 8.49. The zero-order chi connectivity index (χ0) is 18.3. The Hall–Kier alpha value is 0.0649. The quantitative estimate of drug-likeness (QED) is 0.232. The summed E-state index contributed by atoms with van der Waals surface area (Å²) in [7, 11) is 0. The van der Waals surface area contributed by atoms with Gasteiger partial charge in [0.1, 0.15) is 6.71 Å². The second-order valence-corrected chi connectivity index (χ2v) is 10.3. The lowest BCUT2D eigenvalue weighted by molar-refractivity contribution is -0.0992. The Balaban J connectivity index is 1.81. The van der Waals surface area contributed by atoms with Crippen molar-refractivity contribution >= 4 is 6.71 Å². The molecule has 3 saturated carbocycles. The first-order chi connectivity index (χ1) is 12.0. The van der Waals surface area contributed by atoms with E-state index in [1.165, 1.54) is 76.8 Å². The van der Waals surface area contributed by atoms with Crippen molar-refractivity contribution in [3.63, 3.8) is 0 Å². The van der Waals surface area contributed by atoms with Gasteiger partial charge in [-0.15, -0.1) is 0 Å². The van der Waals surface area contributed by atoms with Gasteiger partial charge in [-0.2, -0.15) is 0 Å². The zero-order valence-electron chi connectivity index (χ0n) is 18.3. The molecule has 3 aliphatic carbocycles. The molecule has 0 nitrogen and oxygen atoms in total. The summed E-state index contributed by atoms with van der Waals surface area (Å²) in [4.78, 5) is 0. The highest BCUT2D eigenvalue weighted by molar-refractivity contribution is 6.60. The van der Waals surface area contributed by atoms with E-state index in [2.05, 4.69) is 34.6 Å². The first-order valence-corrected chi connectivity index (χ1v) is 12.0. The van der Waals surface area contributed by atoms with E-state index in [0.29, 0.717) is 5.41 Å². The van der Waals surface area contributed by atoms with E-state index < -0.39 is 0 Å². The Morgan fingerprint density at radius 1 is 0.760 bits per heavy atom. The standard InChI is InChI=1S/C24H47B/c1-6-8-10-12-13-15-17-25(16-14-11-9-7-2)23-19-21-18-22(20(23)3)24(21,4)5/h20-23H,6-19H2,1-5H3/t20-,21+,22-,23-/m1/s1. The largest absolute Gasteiger partial charge is 0.143 e. The summed E-state index contributed by atoms with van der Waals surface area (Å²) in [6.07, 6.45) is 20.7. The highest BCUT2D eigenvalue weighted by Gasteiger charge is 2.57. The predicted molar refractivity (Wildman–Crippen MR) is 116 cm³/mol. The van der Waals surface area contributed by atoms with Gasteiger partial charge in [0.25, 0.3) is 0 Å². The minimum Gasteiger partial charge on any atom is -0.0739 e. The smallest absolute Gasteiger partial charge is 0.0739 e. The van der Waals surface area contributed by atoms with Gasteiger partial charge in [-0.3, -0.25) is 0 Å². The summed E-state index contributed by atoms with van der Waals surface area (Å²) >= 11 is 0. The van der Waals surface area contributed by atoms with Crippen LogP contribution in [0.5, 0.6) is 0 Å². The van der Waals surface area contributed by atoms with E-state index in [1.54, 1.807) is 12.8 Å². The number of rotatable bonds is 13. The SMILES string of the molecule is CCCCCCCCB(CCCCCC)[C@@H]1C[C@@H]2C[C@H]([C@H]1C)C2(C)C. The summed E-state index contributed by atoms with van der Waals surface area (Å²) in [5.74, 6) is 4.10. The molecular formula is C24H47B. The highest BCUT2D eigenvalue weighted by Crippen LogP contribution is 2.65. The van der Waals surface area contributed by atoms with Crippen LogP contribution in [0.25, 0.3) is 0 Å². The summed E-state index contributed by atoms with van der Waals surface area (Å²) < 4.78 is 0. The van der Waals surface area contributed by atoms with Crippen molar-refractivity contribution in [3.05, 3.63) is 0 Å². The fraction of sp³-hybridized carbons (Fsp3) is 1.00. The van der Waals surface area contributed by atoms with Crippen LogP contribution in [-0.4, -0.2) is 6.71 Å². The molecule has 0 saturated heterocycles. The lowest BCUT2D eigenvalue weighted by Gasteiger charge is -2.63. The van der Waals surface area contributed by atoms with E-state index in [0.717, 1.165) is 30.3 Å². The molecule has 0 amide bonds. The van der Waals surface area contributed by atoms with Gasteiger partial charge in [-0.1, -0.05) is 124 Å². The Bertz CT molecular complexity index is 361. The van der Waals surface area contributed by atoms with Crippen LogP contribution in [0.4, 0.5) is 0 Å². The van der Waals surface area contributed by atoms with E-state index >= 15 is 0 Å². The minimum atomic E-state index is 0.656. The van der Waals surface area contributed by atoms with Gasteiger partial charge < -0.3 is 0 Å². The maximum atomic E-state index is 2.62. The van der Waals surface area contributed by atoms with Crippen LogP contribution in [0.15, 0.2) is 0 Å². The van der Waals surface area contributed by atoms with Crippen molar-refractivity contribution in [3.8, 4) is 0 Å². The lowest BCUT2D eigenvalue weighted by Crippen LogP contribution is -2.55. The molecule has 0 heterocycles. The van der Waals surface area contributed by atoms with Crippen LogP contribution in [0, 0.1) is 23.2 Å². The third kappa shape index (κ3) is 5.52. The molecule has 2 bridgehead atoms. The average molecular weight is 346 g/mol. The molecule has 1 heteroatoms. The molecule has 3 rings (SSSR count). The maximum absolute atomic E-state index is 2.62. The second kappa shape index (κ2) is 10.4. The van der Waals surface area contributed by atoms with Crippen molar-refractivity contribution in [1.82, 2.24) is 0 Å². The topological polar surface area (TPSA) is 0 Å². The zero-order valence-corrected chi connectivity index (χ0v) is 18.3. The molecule has 0 aromatic heterocycles. The molecule has 25 heavy (non-hydrogen) atoms. The molecule has 0 radical (unpaired) electrons. The molecule has 0 aromatic carbocycles. The summed E-state index contributed by atoms with van der Waals surface area (Å²) in [6.45, 7) is 13.4. The molecule has 3 fully saturated rings. The maximum Gasteiger partial charge on any atom is 0.143 e. The van der Waals surface area contributed by atoms with Gasteiger partial charge in [0.15, 0.2) is 0 Å². The monoisotopic (exact) mass is 346 g/mol. The highest BCUT2D eigenvalue weighted by atomic mass is 14.6. The van der Waals surface area contributed by atoms with Gasteiger partial charge >= 0.3 is 0 Å². The third-order valence-corrected chi connectivity index (χ3v) is 8.38. The Kier molecular flexibility index (Phi) is 8.90. The molecule has 0 N–H and O–H groups in total. The normalized spacial score (nSPS) is 30.1. The fourth-order valence-corrected chi connectivity index (χ4v) is 6.40. The molecular weight excluding hydrogens is 299 g/mol. The van der Waals surface area contributed by atoms with Crippen LogP contribution >= 0.6 is 0 Å². The van der Waals surface area contributed by atoms with Crippen molar-refractivity contribution in [2.75, 3.05) is 0 Å². The lowest BCUT2D eigenvalue weighted by atomic mass is 9.27. The fourth-order valence-electron chi connectivity index (χ4n) is 6.40. The van der Waals surface area contributed by atoms with Gasteiger partial charge in [0.05, 0.1) is 0 Å². The van der Waals surface area contributed by atoms with Crippen LogP contribution in [0.3, 0.4) is 0 Å². The van der Waals surface area contributed by atoms with Crippen molar-refractivity contribution in [2.24, 2.45) is 23.2 Å². The Labute approximate surface area is 160 Å². The second-order valence-electron chi connectivity index (χ2n) is 10.3. The molecule has 0 aliphatic heterocycles. The molecule has 3 aliphatic rings. The number of fused-ring (bicyclic) bond motifs is 2. The van der Waals surface area contributed by atoms with Crippen LogP contribution < -0.4 is 0 Å². The van der Waals surface area contributed by atoms with Crippen LogP contribution in [0.2, 0.25) is 18.5 Å². The van der Waals surface area contributed by atoms with Crippen molar-refractivity contribution < 1.29 is 0 Å². The van der Waals surface area contributed by atoms with E-state index in [9.17, 15) is 0 Å². The van der Waals surface area contributed by atoms with Gasteiger partial charge in [0, 0.05) is 0 Å². The third-order valence-electron chi connectivity index (χ3n) is 8.38. The first-order valence-electron chi connectivity index (χ1n) is 12.0. The van der Waals surface area contributed by atoms with Gasteiger partial charge in [0.2, 0.25) is 0 Å². The number of unbranched alkanes of at least 4 members (excludes halogenated alkanes) is 8. The molecule has 0 spiro atoms.